The second-order valence-electron chi connectivity index (χ2n) is 5.12. The van der Waals surface area contributed by atoms with Gasteiger partial charge < -0.3 is 9.52 Å². The van der Waals surface area contributed by atoms with Gasteiger partial charge in [0.15, 0.2) is 12.0 Å². The number of carboxylic acid groups (broad SMARTS) is 1. The second kappa shape index (κ2) is 5.30. The molecule has 0 spiro atoms. The first-order chi connectivity index (χ1) is 10.4. The van der Waals surface area contributed by atoms with Crippen LogP contribution in [-0.2, 0) is 10.2 Å². The maximum atomic E-state index is 12.0. The van der Waals surface area contributed by atoms with E-state index in [-0.39, 0.29) is 0 Å². The highest BCUT2D eigenvalue weighted by atomic mass is 35.5. The standard InChI is InChI=1S/C16H11Cl2NO3/c1-16(15(20)21,10-4-11(17)7-12(18)5-10)9-2-3-14-13(6-9)19-8-22-14/h2-8H,1H3,(H,20,21). The molecule has 4 nitrogen and oxygen atoms in total. The van der Waals surface area contributed by atoms with Crippen LogP contribution in [0.5, 0.6) is 0 Å². The van der Waals surface area contributed by atoms with E-state index < -0.39 is 11.4 Å². The van der Waals surface area contributed by atoms with E-state index in [0.29, 0.717) is 32.3 Å². The van der Waals surface area contributed by atoms with Crippen molar-refractivity contribution >= 4 is 40.3 Å². The zero-order valence-corrected chi connectivity index (χ0v) is 13.0. The van der Waals surface area contributed by atoms with E-state index in [9.17, 15) is 9.90 Å². The number of nitrogens with zero attached hydrogens (tertiary/aromatic N) is 1. The molecule has 1 heterocycles. The van der Waals surface area contributed by atoms with E-state index >= 15 is 0 Å². The van der Waals surface area contributed by atoms with E-state index in [1.54, 1.807) is 43.3 Å². The van der Waals surface area contributed by atoms with Crippen molar-refractivity contribution in [1.29, 1.82) is 0 Å². The van der Waals surface area contributed by atoms with Crippen molar-refractivity contribution in [2.24, 2.45) is 0 Å². The Morgan fingerprint density at radius 2 is 1.82 bits per heavy atom. The predicted octanol–water partition coefficient (Wildman–Crippen LogP) is 4.53. The van der Waals surface area contributed by atoms with Crippen LogP contribution in [0.3, 0.4) is 0 Å². The van der Waals surface area contributed by atoms with Crippen molar-refractivity contribution in [3.05, 3.63) is 64.0 Å². The van der Waals surface area contributed by atoms with Crippen molar-refractivity contribution in [1.82, 2.24) is 4.98 Å². The summed E-state index contributed by atoms with van der Waals surface area (Å²) < 4.78 is 5.19. The first-order valence-electron chi connectivity index (χ1n) is 6.45. The summed E-state index contributed by atoms with van der Waals surface area (Å²) in [5.41, 5.74) is 0.959. The molecule has 1 N–H and O–H groups in total. The molecule has 112 valence electrons. The van der Waals surface area contributed by atoms with Gasteiger partial charge in [-0.1, -0.05) is 29.3 Å². The Balaban J connectivity index is 2.24. The minimum Gasteiger partial charge on any atom is -0.480 e. The molecule has 1 aromatic heterocycles. The number of aromatic nitrogens is 1. The molecule has 0 fully saturated rings. The quantitative estimate of drug-likeness (QED) is 0.763. The number of benzene rings is 2. The average Bonchev–Trinajstić information content (AvgIpc) is 2.92. The van der Waals surface area contributed by atoms with Crippen LogP contribution in [0, 0.1) is 0 Å². The number of halogens is 2. The number of rotatable bonds is 3. The largest absolute Gasteiger partial charge is 0.480 e. The molecule has 0 amide bonds. The smallest absolute Gasteiger partial charge is 0.318 e. The minimum atomic E-state index is -1.30. The van der Waals surface area contributed by atoms with E-state index in [1.807, 2.05) is 0 Å². The molecule has 0 saturated heterocycles. The van der Waals surface area contributed by atoms with Gasteiger partial charge in [-0.3, -0.25) is 4.79 Å². The molecule has 3 aromatic rings. The Bertz CT molecular complexity index is 854. The fourth-order valence-corrected chi connectivity index (χ4v) is 2.95. The third kappa shape index (κ3) is 2.34. The summed E-state index contributed by atoms with van der Waals surface area (Å²) >= 11 is 12.0. The second-order valence-corrected chi connectivity index (χ2v) is 6.00. The Kier molecular flexibility index (Phi) is 3.59. The molecule has 6 heteroatoms. The molecule has 0 radical (unpaired) electrons. The van der Waals surface area contributed by atoms with Crippen LogP contribution >= 0.6 is 23.2 Å². The van der Waals surface area contributed by atoms with Crippen LogP contribution in [-0.4, -0.2) is 16.1 Å². The first kappa shape index (κ1) is 14.9. The normalized spacial score (nSPS) is 14.0. The molecule has 0 bridgehead atoms. The first-order valence-corrected chi connectivity index (χ1v) is 7.20. The maximum Gasteiger partial charge on any atom is 0.318 e. The molecule has 3 rings (SSSR count). The molecular formula is C16H11Cl2NO3. The Labute approximate surface area is 136 Å². The number of hydrogen-bond acceptors (Lipinski definition) is 3. The zero-order chi connectivity index (χ0) is 15.9. The lowest BCUT2D eigenvalue weighted by Gasteiger charge is -2.26. The van der Waals surface area contributed by atoms with Crippen LogP contribution in [0.15, 0.2) is 47.2 Å². The van der Waals surface area contributed by atoms with Crippen molar-refractivity contribution in [3.8, 4) is 0 Å². The van der Waals surface area contributed by atoms with Crippen LogP contribution in [0.4, 0.5) is 0 Å². The summed E-state index contributed by atoms with van der Waals surface area (Å²) in [7, 11) is 0. The summed E-state index contributed by atoms with van der Waals surface area (Å²) in [6, 6.07) is 9.88. The highest BCUT2D eigenvalue weighted by Crippen LogP contribution is 2.36. The number of oxazole rings is 1. The maximum absolute atomic E-state index is 12.0. The van der Waals surface area contributed by atoms with Crippen LogP contribution in [0.2, 0.25) is 10.0 Å². The Morgan fingerprint density at radius 3 is 2.45 bits per heavy atom. The van der Waals surface area contributed by atoms with Crippen LogP contribution in [0.1, 0.15) is 18.1 Å². The molecule has 1 atom stereocenters. The molecule has 0 aliphatic rings. The summed E-state index contributed by atoms with van der Waals surface area (Å²) in [6.07, 6.45) is 1.32. The topological polar surface area (TPSA) is 63.3 Å². The SMILES string of the molecule is CC(C(=O)O)(c1cc(Cl)cc(Cl)c1)c1ccc2ocnc2c1. The fraction of sp³-hybridized carbons (Fsp3) is 0.125. The summed E-state index contributed by atoms with van der Waals surface area (Å²) in [6.45, 7) is 1.61. The Hall–Kier alpha value is -2.04. The van der Waals surface area contributed by atoms with Gasteiger partial charge in [-0.05, 0) is 48.4 Å². The fourth-order valence-electron chi connectivity index (χ4n) is 2.42. The Morgan fingerprint density at radius 1 is 1.14 bits per heavy atom. The molecule has 2 aromatic carbocycles. The molecular weight excluding hydrogens is 325 g/mol. The summed E-state index contributed by atoms with van der Waals surface area (Å²) in [5, 5.41) is 10.6. The molecule has 0 saturated carbocycles. The van der Waals surface area contributed by atoms with Crippen LogP contribution in [0.25, 0.3) is 11.1 Å². The molecule has 0 aliphatic carbocycles. The van der Waals surface area contributed by atoms with Gasteiger partial charge >= 0.3 is 5.97 Å². The van der Waals surface area contributed by atoms with Crippen molar-refractivity contribution in [2.75, 3.05) is 0 Å². The third-order valence-electron chi connectivity index (χ3n) is 3.78. The van der Waals surface area contributed by atoms with Gasteiger partial charge in [0, 0.05) is 10.0 Å². The molecule has 0 aliphatic heterocycles. The summed E-state index contributed by atoms with van der Waals surface area (Å²) in [4.78, 5) is 16.1. The third-order valence-corrected chi connectivity index (χ3v) is 4.21. The molecule has 22 heavy (non-hydrogen) atoms. The summed E-state index contributed by atoms with van der Waals surface area (Å²) in [5.74, 6) is -1.01. The van der Waals surface area contributed by atoms with Gasteiger partial charge in [-0.25, -0.2) is 4.98 Å². The average molecular weight is 336 g/mol. The van der Waals surface area contributed by atoms with Gasteiger partial charge in [-0.2, -0.15) is 0 Å². The zero-order valence-electron chi connectivity index (χ0n) is 11.5. The minimum absolute atomic E-state index is 0.387. The highest BCUT2D eigenvalue weighted by molar-refractivity contribution is 6.34. The van der Waals surface area contributed by atoms with E-state index in [2.05, 4.69) is 4.98 Å². The predicted molar refractivity (Wildman–Crippen MR) is 84.6 cm³/mol. The number of carbonyl (C=O) groups is 1. The van der Waals surface area contributed by atoms with E-state index in [0.717, 1.165) is 0 Å². The number of fused-ring (bicyclic) bond motifs is 1. The van der Waals surface area contributed by atoms with E-state index in [1.165, 1.54) is 6.39 Å². The van der Waals surface area contributed by atoms with Gasteiger partial charge in [0.1, 0.15) is 10.9 Å². The van der Waals surface area contributed by atoms with Gasteiger partial charge in [0.05, 0.1) is 0 Å². The van der Waals surface area contributed by atoms with Crippen LogP contribution < -0.4 is 0 Å². The number of aliphatic carboxylic acids is 1. The highest BCUT2D eigenvalue weighted by Gasteiger charge is 2.38. The van der Waals surface area contributed by atoms with E-state index in [4.69, 9.17) is 27.6 Å². The van der Waals surface area contributed by atoms with Crippen molar-refractivity contribution in [3.63, 3.8) is 0 Å². The lowest BCUT2D eigenvalue weighted by Crippen LogP contribution is -2.33. The van der Waals surface area contributed by atoms with Gasteiger partial charge in [-0.15, -0.1) is 0 Å². The lowest BCUT2D eigenvalue weighted by atomic mass is 9.76. The number of carboxylic acids is 1. The monoisotopic (exact) mass is 335 g/mol. The van der Waals surface area contributed by atoms with Crippen molar-refractivity contribution in [2.45, 2.75) is 12.3 Å². The van der Waals surface area contributed by atoms with Gasteiger partial charge in [0.2, 0.25) is 0 Å². The lowest BCUT2D eigenvalue weighted by molar-refractivity contribution is -0.141. The van der Waals surface area contributed by atoms with Gasteiger partial charge in [0.25, 0.3) is 0 Å². The number of hydrogen-bond donors (Lipinski definition) is 1. The van der Waals surface area contributed by atoms with Crippen molar-refractivity contribution < 1.29 is 14.3 Å². The molecule has 1 unspecified atom stereocenters.